The number of fused-ring (bicyclic) bond motifs is 1. The Morgan fingerprint density at radius 1 is 1.14 bits per heavy atom. The molecule has 2 N–H and O–H groups in total. The van der Waals surface area contributed by atoms with Crippen molar-refractivity contribution in [2.45, 2.75) is 44.9 Å². The summed E-state index contributed by atoms with van der Waals surface area (Å²) in [6.07, 6.45) is 6.94. The van der Waals surface area contributed by atoms with Crippen LogP contribution in [-0.2, 0) is 22.4 Å². The number of anilines is 1. The minimum atomic E-state index is -0.792. The van der Waals surface area contributed by atoms with Crippen LogP contribution in [0.25, 0.3) is 0 Å². The molecule has 0 aliphatic carbocycles. The van der Waals surface area contributed by atoms with E-state index in [1.165, 1.54) is 12.0 Å². The maximum Gasteiger partial charge on any atom is 0.317 e. The molecule has 0 spiro atoms. The SMILES string of the molecule is O=C(O)CN1CCC(C(=O)N2CCCC(Cc3ccc4c(n3)NCCC4)C2)CC1. The van der Waals surface area contributed by atoms with E-state index < -0.39 is 5.97 Å². The number of hydrogen-bond acceptors (Lipinski definition) is 5. The van der Waals surface area contributed by atoms with E-state index in [2.05, 4.69) is 22.3 Å². The monoisotopic (exact) mass is 400 g/mol. The number of carboxylic acid groups (broad SMARTS) is 1. The molecule has 1 amide bonds. The van der Waals surface area contributed by atoms with Gasteiger partial charge in [0, 0.05) is 31.2 Å². The average Bonchev–Trinajstić information content (AvgIpc) is 2.73. The molecule has 0 aromatic carbocycles. The van der Waals surface area contributed by atoms with Crippen LogP contribution in [0.2, 0.25) is 0 Å². The fraction of sp³-hybridized carbons (Fsp3) is 0.682. The molecule has 7 heteroatoms. The third kappa shape index (κ3) is 5.07. The van der Waals surface area contributed by atoms with Crippen LogP contribution in [0.4, 0.5) is 5.82 Å². The third-order valence-electron chi connectivity index (χ3n) is 6.58. The van der Waals surface area contributed by atoms with Crippen LogP contribution < -0.4 is 5.32 Å². The summed E-state index contributed by atoms with van der Waals surface area (Å²) in [5, 5.41) is 12.3. The maximum absolute atomic E-state index is 13.0. The summed E-state index contributed by atoms with van der Waals surface area (Å²) < 4.78 is 0. The Hall–Kier alpha value is -2.15. The van der Waals surface area contributed by atoms with E-state index in [1.807, 2.05) is 4.90 Å². The van der Waals surface area contributed by atoms with Crippen molar-refractivity contribution in [3.63, 3.8) is 0 Å². The lowest BCUT2D eigenvalue weighted by Gasteiger charge is -2.37. The number of carbonyl (C=O) groups excluding carboxylic acids is 1. The first-order valence-electron chi connectivity index (χ1n) is 11.0. The minimum absolute atomic E-state index is 0.0462. The van der Waals surface area contributed by atoms with Crippen LogP contribution in [0, 0.1) is 11.8 Å². The summed E-state index contributed by atoms with van der Waals surface area (Å²) in [5.41, 5.74) is 2.44. The summed E-state index contributed by atoms with van der Waals surface area (Å²) in [7, 11) is 0. The number of piperidine rings is 2. The second-order valence-corrected chi connectivity index (χ2v) is 8.78. The topological polar surface area (TPSA) is 85.8 Å². The number of aryl methyl sites for hydroxylation is 1. The lowest BCUT2D eigenvalue weighted by Crippen LogP contribution is -2.47. The molecular formula is C22H32N4O3. The van der Waals surface area contributed by atoms with E-state index in [0.29, 0.717) is 19.0 Å². The van der Waals surface area contributed by atoms with Crippen molar-refractivity contribution in [3.8, 4) is 0 Å². The summed E-state index contributed by atoms with van der Waals surface area (Å²) in [6.45, 7) is 4.15. The summed E-state index contributed by atoms with van der Waals surface area (Å²) in [6, 6.07) is 4.37. The summed E-state index contributed by atoms with van der Waals surface area (Å²) in [5.74, 6) is 1.04. The van der Waals surface area contributed by atoms with Crippen LogP contribution in [-0.4, -0.2) is 71.0 Å². The molecule has 3 aliphatic heterocycles. The fourth-order valence-corrected chi connectivity index (χ4v) is 5.00. The molecule has 29 heavy (non-hydrogen) atoms. The van der Waals surface area contributed by atoms with Crippen LogP contribution in [0.15, 0.2) is 12.1 Å². The van der Waals surface area contributed by atoms with Gasteiger partial charge in [-0.2, -0.15) is 0 Å². The number of likely N-dealkylation sites (tertiary alicyclic amines) is 2. The summed E-state index contributed by atoms with van der Waals surface area (Å²) >= 11 is 0. The maximum atomic E-state index is 13.0. The first kappa shape index (κ1) is 20.1. The highest BCUT2D eigenvalue weighted by atomic mass is 16.4. The number of nitrogens with one attached hydrogen (secondary N) is 1. The van der Waals surface area contributed by atoms with Crippen LogP contribution in [0.1, 0.15) is 43.4 Å². The molecule has 4 heterocycles. The van der Waals surface area contributed by atoms with Gasteiger partial charge in [0.15, 0.2) is 0 Å². The van der Waals surface area contributed by atoms with Gasteiger partial charge in [-0.1, -0.05) is 6.07 Å². The van der Waals surface area contributed by atoms with Crippen LogP contribution >= 0.6 is 0 Å². The van der Waals surface area contributed by atoms with Gasteiger partial charge in [-0.3, -0.25) is 14.5 Å². The average molecular weight is 401 g/mol. The van der Waals surface area contributed by atoms with Crippen LogP contribution in [0.5, 0.6) is 0 Å². The zero-order valence-electron chi connectivity index (χ0n) is 17.1. The lowest BCUT2D eigenvalue weighted by molar-refractivity contribution is -0.140. The van der Waals surface area contributed by atoms with Gasteiger partial charge in [0.1, 0.15) is 5.82 Å². The van der Waals surface area contributed by atoms with E-state index in [-0.39, 0.29) is 18.4 Å². The van der Waals surface area contributed by atoms with Crippen molar-refractivity contribution >= 4 is 17.7 Å². The van der Waals surface area contributed by atoms with E-state index in [1.54, 1.807) is 0 Å². The van der Waals surface area contributed by atoms with Crippen molar-refractivity contribution in [1.82, 2.24) is 14.8 Å². The number of carboxylic acids is 1. The molecule has 2 saturated heterocycles. The zero-order chi connectivity index (χ0) is 20.2. The molecule has 1 atom stereocenters. The second-order valence-electron chi connectivity index (χ2n) is 8.78. The number of hydrogen-bond donors (Lipinski definition) is 2. The predicted octanol–water partition coefficient (Wildman–Crippen LogP) is 2.02. The Morgan fingerprint density at radius 2 is 1.97 bits per heavy atom. The molecule has 2 fully saturated rings. The molecule has 1 unspecified atom stereocenters. The van der Waals surface area contributed by atoms with Gasteiger partial charge in [0.05, 0.1) is 6.54 Å². The number of aromatic nitrogens is 1. The van der Waals surface area contributed by atoms with Crippen LogP contribution in [0.3, 0.4) is 0 Å². The first-order valence-corrected chi connectivity index (χ1v) is 11.0. The van der Waals surface area contributed by atoms with Gasteiger partial charge in [0.2, 0.25) is 5.91 Å². The standard InChI is InChI=1S/C22H32N4O3/c27-20(28)15-25-11-7-18(8-12-25)22(29)26-10-2-3-16(14-26)13-19-6-5-17-4-1-9-23-21(17)24-19/h5-6,16,18H,1-4,7-15H2,(H,23,24)(H,27,28). The van der Waals surface area contributed by atoms with Gasteiger partial charge in [-0.25, -0.2) is 4.98 Å². The van der Waals surface area contributed by atoms with Crippen molar-refractivity contribution < 1.29 is 14.7 Å². The van der Waals surface area contributed by atoms with E-state index in [4.69, 9.17) is 10.1 Å². The first-order chi connectivity index (χ1) is 14.1. The van der Waals surface area contributed by atoms with E-state index in [0.717, 1.165) is 69.7 Å². The van der Waals surface area contributed by atoms with E-state index in [9.17, 15) is 9.59 Å². The fourth-order valence-electron chi connectivity index (χ4n) is 5.00. The predicted molar refractivity (Wildman–Crippen MR) is 111 cm³/mol. The second kappa shape index (κ2) is 9.11. The number of nitrogens with zero attached hydrogens (tertiary/aromatic N) is 3. The molecule has 0 saturated carbocycles. The Kier molecular flexibility index (Phi) is 6.33. The van der Waals surface area contributed by atoms with Crippen molar-refractivity contribution in [3.05, 3.63) is 23.4 Å². The molecule has 4 rings (SSSR count). The zero-order valence-corrected chi connectivity index (χ0v) is 17.1. The Labute approximate surface area is 172 Å². The Bertz CT molecular complexity index is 746. The third-order valence-corrected chi connectivity index (χ3v) is 6.58. The largest absolute Gasteiger partial charge is 0.480 e. The molecule has 158 valence electrons. The van der Waals surface area contributed by atoms with Crippen molar-refractivity contribution in [1.29, 1.82) is 0 Å². The highest BCUT2D eigenvalue weighted by Crippen LogP contribution is 2.26. The minimum Gasteiger partial charge on any atom is -0.480 e. The number of carbonyl (C=O) groups is 2. The normalized spacial score (nSPS) is 23.3. The molecule has 0 radical (unpaired) electrons. The number of amides is 1. The van der Waals surface area contributed by atoms with Gasteiger partial charge in [0.25, 0.3) is 0 Å². The van der Waals surface area contributed by atoms with Gasteiger partial charge in [-0.15, -0.1) is 0 Å². The van der Waals surface area contributed by atoms with Crippen molar-refractivity contribution in [2.75, 3.05) is 44.6 Å². The number of aliphatic carboxylic acids is 1. The quantitative estimate of drug-likeness (QED) is 0.787. The lowest BCUT2D eigenvalue weighted by atomic mass is 9.90. The number of rotatable bonds is 5. The molecule has 1 aromatic heterocycles. The molecule has 7 nitrogen and oxygen atoms in total. The molecule has 1 aromatic rings. The molecular weight excluding hydrogens is 368 g/mol. The van der Waals surface area contributed by atoms with E-state index >= 15 is 0 Å². The molecule has 0 bridgehead atoms. The smallest absolute Gasteiger partial charge is 0.317 e. The Balaban J connectivity index is 1.30. The number of pyridine rings is 1. The highest BCUT2D eigenvalue weighted by Gasteiger charge is 2.32. The van der Waals surface area contributed by atoms with Crippen molar-refractivity contribution in [2.24, 2.45) is 11.8 Å². The van der Waals surface area contributed by atoms with Gasteiger partial charge < -0.3 is 15.3 Å². The van der Waals surface area contributed by atoms with Gasteiger partial charge >= 0.3 is 5.97 Å². The summed E-state index contributed by atoms with van der Waals surface area (Å²) in [4.78, 5) is 32.7. The van der Waals surface area contributed by atoms with Gasteiger partial charge in [-0.05, 0) is 75.6 Å². The molecule has 3 aliphatic rings. The highest BCUT2D eigenvalue weighted by molar-refractivity contribution is 5.79. The Morgan fingerprint density at radius 3 is 2.76 bits per heavy atom.